The molecule has 0 aliphatic carbocycles. The van der Waals surface area contributed by atoms with Crippen molar-refractivity contribution >= 4 is 17.4 Å². The Morgan fingerprint density at radius 2 is 2.10 bits per heavy atom. The van der Waals surface area contributed by atoms with Crippen molar-refractivity contribution in [3.63, 3.8) is 0 Å². The molecule has 0 fully saturated rings. The summed E-state index contributed by atoms with van der Waals surface area (Å²) in [5, 5.41) is 3.27. The van der Waals surface area contributed by atoms with Crippen LogP contribution in [0, 0.1) is 5.82 Å². The van der Waals surface area contributed by atoms with Crippen LogP contribution in [-0.2, 0) is 11.3 Å². The Balaban J connectivity index is 2.44. The quantitative estimate of drug-likeness (QED) is 0.917. The van der Waals surface area contributed by atoms with Gasteiger partial charge in [0.25, 0.3) is 0 Å². The Bertz CT molecular complexity index is 607. The third-order valence-electron chi connectivity index (χ3n) is 2.67. The minimum absolute atomic E-state index is 0.313. The highest BCUT2D eigenvalue weighted by Gasteiger charge is 2.10. The molecule has 0 aliphatic heterocycles. The number of hydrogen-bond donors (Lipinski definition) is 1. The maximum Gasteiger partial charge on any atom is 0.157 e. The summed E-state index contributed by atoms with van der Waals surface area (Å²) >= 11 is 6.06. The highest BCUT2D eigenvalue weighted by Crippen LogP contribution is 2.28. The van der Waals surface area contributed by atoms with Crippen molar-refractivity contribution in [2.45, 2.75) is 13.5 Å². The van der Waals surface area contributed by atoms with Gasteiger partial charge < -0.3 is 10.1 Å². The van der Waals surface area contributed by atoms with E-state index in [0.717, 1.165) is 0 Å². The van der Waals surface area contributed by atoms with Crippen molar-refractivity contribution < 1.29 is 9.13 Å². The van der Waals surface area contributed by atoms with Gasteiger partial charge in [0.15, 0.2) is 5.82 Å². The van der Waals surface area contributed by atoms with Crippen LogP contribution in [0.25, 0.3) is 11.3 Å². The summed E-state index contributed by atoms with van der Waals surface area (Å²) in [7, 11) is 1.77. The molecule has 0 spiro atoms. The molecule has 106 valence electrons. The van der Waals surface area contributed by atoms with E-state index in [1.807, 2.05) is 6.92 Å². The predicted octanol–water partition coefficient (Wildman–Crippen LogP) is 3.51. The predicted molar refractivity (Wildman–Crippen MR) is 77.3 cm³/mol. The first kappa shape index (κ1) is 14.7. The molecule has 2 aromatic rings. The second-order valence-electron chi connectivity index (χ2n) is 4.07. The van der Waals surface area contributed by atoms with Gasteiger partial charge >= 0.3 is 0 Å². The molecule has 0 amide bonds. The topological polar surface area (TPSA) is 47.0 Å². The molecule has 0 saturated heterocycles. The average Bonchev–Trinajstić information content (AvgIpc) is 2.44. The van der Waals surface area contributed by atoms with Crippen molar-refractivity contribution in [2.75, 3.05) is 19.0 Å². The Labute approximate surface area is 122 Å². The van der Waals surface area contributed by atoms with Gasteiger partial charge in [0.2, 0.25) is 0 Å². The molecule has 0 aliphatic rings. The van der Waals surface area contributed by atoms with E-state index in [-0.39, 0.29) is 5.82 Å². The van der Waals surface area contributed by atoms with E-state index in [4.69, 9.17) is 16.3 Å². The standard InChI is InChI=1S/C14H15ClFN3O/c1-3-20-8-14-18-12(7-13(17-2)19-14)10-5-4-9(16)6-11(10)15/h4-7H,3,8H2,1-2H3,(H,17,18,19). The highest BCUT2D eigenvalue weighted by atomic mass is 35.5. The minimum Gasteiger partial charge on any atom is -0.374 e. The lowest BCUT2D eigenvalue weighted by atomic mass is 10.1. The van der Waals surface area contributed by atoms with Gasteiger partial charge in [-0.1, -0.05) is 11.6 Å². The second-order valence-corrected chi connectivity index (χ2v) is 4.47. The molecule has 6 heteroatoms. The summed E-state index contributed by atoms with van der Waals surface area (Å²) in [6.07, 6.45) is 0. The Morgan fingerprint density at radius 3 is 2.75 bits per heavy atom. The monoisotopic (exact) mass is 295 g/mol. The van der Waals surface area contributed by atoms with Gasteiger partial charge in [-0.3, -0.25) is 0 Å². The molecule has 4 nitrogen and oxygen atoms in total. The van der Waals surface area contributed by atoms with Crippen LogP contribution in [-0.4, -0.2) is 23.6 Å². The number of rotatable bonds is 5. The highest BCUT2D eigenvalue weighted by molar-refractivity contribution is 6.33. The first-order chi connectivity index (χ1) is 9.63. The number of halogens is 2. The van der Waals surface area contributed by atoms with Gasteiger partial charge in [0, 0.05) is 25.3 Å². The summed E-state index contributed by atoms with van der Waals surface area (Å²) in [6.45, 7) is 2.80. The van der Waals surface area contributed by atoms with Crippen LogP contribution in [0.4, 0.5) is 10.2 Å². The van der Waals surface area contributed by atoms with E-state index in [1.165, 1.54) is 12.1 Å². The molecule has 0 radical (unpaired) electrons. The third-order valence-corrected chi connectivity index (χ3v) is 2.98. The minimum atomic E-state index is -0.379. The van der Waals surface area contributed by atoms with Crippen LogP contribution in [0.3, 0.4) is 0 Å². The van der Waals surface area contributed by atoms with Crippen LogP contribution in [0.5, 0.6) is 0 Å². The van der Waals surface area contributed by atoms with Crippen LogP contribution in [0.1, 0.15) is 12.7 Å². The number of aromatic nitrogens is 2. The Hall–Kier alpha value is -1.72. The van der Waals surface area contributed by atoms with Crippen molar-refractivity contribution in [3.05, 3.63) is 40.9 Å². The van der Waals surface area contributed by atoms with E-state index >= 15 is 0 Å². The summed E-state index contributed by atoms with van der Waals surface area (Å²) < 4.78 is 18.4. The number of nitrogens with one attached hydrogen (secondary N) is 1. The zero-order valence-corrected chi connectivity index (χ0v) is 12.0. The third kappa shape index (κ3) is 3.43. The summed E-state index contributed by atoms with van der Waals surface area (Å²) in [6, 6.07) is 5.98. The summed E-state index contributed by atoms with van der Waals surface area (Å²) in [5.74, 6) is 0.829. The van der Waals surface area contributed by atoms with E-state index in [2.05, 4.69) is 15.3 Å². The van der Waals surface area contributed by atoms with Gasteiger partial charge in [0.05, 0.1) is 10.7 Å². The fourth-order valence-electron chi connectivity index (χ4n) is 1.72. The van der Waals surface area contributed by atoms with Gasteiger partial charge in [-0.2, -0.15) is 0 Å². The van der Waals surface area contributed by atoms with Crippen LogP contribution in [0.15, 0.2) is 24.3 Å². The molecule has 0 saturated carbocycles. The molecule has 0 bridgehead atoms. The van der Waals surface area contributed by atoms with Gasteiger partial charge in [0.1, 0.15) is 18.2 Å². The van der Waals surface area contributed by atoms with Crippen LogP contribution in [0.2, 0.25) is 5.02 Å². The van der Waals surface area contributed by atoms with Gasteiger partial charge in [-0.25, -0.2) is 14.4 Å². The Kier molecular flexibility index (Phi) is 4.87. The maximum absolute atomic E-state index is 13.1. The smallest absolute Gasteiger partial charge is 0.157 e. The number of nitrogens with zero attached hydrogens (tertiary/aromatic N) is 2. The molecule has 20 heavy (non-hydrogen) atoms. The fourth-order valence-corrected chi connectivity index (χ4v) is 1.98. The summed E-state index contributed by atoms with van der Waals surface area (Å²) in [5.41, 5.74) is 1.29. The maximum atomic E-state index is 13.1. The molecular formula is C14H15ClFN3O. The first-order valence-corrected chi connectivity index (χ1v) is 6.60. The Morgan fingerprint density at radius 1 is 1.30 bits per heavy atom. The second kappa shape index (κ2) is 6.63. The molecule has 2 rings (SSSR count). The lowest BCUT2D eigenvalue weighted by Gasteiger charge is -2.09. The number of hydrogen-bond acceptors (Lipinski definition) is 4. The van der Waals surface area contributed by atoms with Crippen molar-refractivity contribution in [1.82, 2.24) is 9.97 Å². The van der Waals surface area contributed by atoms with Crippen LogP contribution < -0.4 is 5.32 Å². The summed E-state index contributed by atoms with van der Waals surface area (Å²) in [4.78, 5) is 8.69. The van der Waals surface area contributed by atoms with E-state index in [0.29, 0.717) is 41.1 Å². The number of ether oxygens (including phenoxy) is 1. The van der Waals surface area contributed by atoms with Crippen LogP contribution >= 0.6 is 11.6 Å². The SMILES string of the molecule is CCOCc1nc(NC)cc(-c2ccc(F)cc2Cl)n1. The van der Waals surface area contributed by atoms with E-state index in [1.54, 1.807) is 19.2 Å². The first-order valence-electron chi connectivity index (χ1n) is 6.23. The molecule has 0 atom stereocenters. The lowest BCUT2D eigenvalue weighted by Crippen LogP contribution is -2.04. The van der Waals surface area contributed by atoms with Crippen molar-refractivity contribution in [1.29, 1.82) is 0 Å². The molecule has 1 aromatic heterocycles. The lowest BCUT2D eigenvalue weighted by molar-refractivity contribution is 0.128. The number of anilines is 1. The fraction of sp³-hybridized carbons (Fsp3) is 0.286. The normalized spacial score (nSPS) is 10.6. The molecule has 1 heterocycles. The average molecular weight is 296 g/mol. The molecule has 1 N–H and O–H groups in total. The number of benzene rings is 1. The zero-order valence-electron chi connectivity index (χ0n) is 11.3. The zero-order chi connectivity index (χ0) is 14.5. The van der Waals surface area contributed by atoms with E-state index in [9.17, 15) is 4.39 Å². The van der Waals surface area contributed by atoms with Crippen molar-refractivity contribution in [3.8, 4) is 11.3 Å². The largest absolute Gasteiger partial charge is 0.374 e. The van der Waals surface area contributed by atoms with Gasteiger partial charge in [-0.15, -0.1) is 0 Å². The van der Waals surface area contributed by atoms with Gasteiger partial charge in [-0.05, 0) is 25.1 Å². The molecule has 1 aromatic carbocycles. The van der Waals surface area contributed by atoms with E-state index < -0.39 is 0 Å². The molecular weight excluding hydrogens is 281 g/mol. The van der Waals surface area contributed by atoms with Crippen molar-refractivity contribution in [2.24, 2.45) is 0 Å². The molecule has 0 unspecified atom stereocenters.